The first kappa shape index (κ1) is 15.2. The number of hydrogen-bond acceptors (Lipinski definition) is 5. The third kappa shape index (κ3) is 3.73. The number of thiophene rings is 1. The van der Waals surface area contributed by atoms with Crippen LogP contribution >= 0.6 is 11.3 Å². The second-order valence-electron chi connectivity index (χ2n) is 4.98. The summed E-state index contributed by atoms with van der Waals surface area (Å²) < 4.78 is 5.61. The van der Waals surface area contributed by atoms with E-state index < -0.39 is 0 Å². The van der Waals surface area contributed by atoms with Gasteiger partial charge >= 0.3 is 0 Å². The van der Waals surface area contributed by atoms with Crippen molar-refractivity contribution in [3.8, 4) is 11.6 Å². The summed E-state index contributed by atoms with van der Waals surface area (Å²) in [7, 11) is 0. The minimum atomic E-state index is -0.122. The molecule has 0 saturated heterocycles. The largest absolute Gasteiger partial charge is 0.437 e. The van der Waals surface area contributed by atoms with Crippen LogP contribution in [0.15, 0.2) is 48.9 Å². The van der Waals surface area contributed by atoms with Crippen LogP contribution in [-0.2, 0) is 0 Å². The number of nitrogens with one attached hydrogen (secondary N) is 1. The lowest BCUT2D eigenvalue weighted by molar-refractivity contribution is 0.103. The molecule has 5 nitrogen and oxygen atoms in total. The lowest BCUT2D eigenvalue weighted by atomic mass is 10.2. The molecule has 0 aliphatic carbocycles. The maximum Gasteiger partial charge on any atom is 0.265 e. The fourth-order valence-electron chi connectivity index (χ4n) is 1.97. The highest BCUT2D eigenvalue weighted by Gasteiger charge is 2.11. The van der Waals surface area contributed by atoms with Crippen LogP contribution in [0, 0.1) is 13.8 Å². The molecule has 3 aromatic rings. The number of carbonyl (C=O) groups excluding carboxylic acids is 1. The van der Waals surface area contributed by atoms with Gasteiger partial charge in [-0.25, -0.2) is 4.98 Å². The van der Waals surface area contributed by atoms with E-state index in [1.54, 1.807) is 24.5 Å². The van der Waals surface area contributed by atoms with Crippen LogP contribution in [0.1, 0.15) is 20.1 Å². The van der Waals surface area contributed by atoms with Crippen molar-refractivity contribution in [3.05, 3.63) is 64.2 Å². The molecule has 2 heterocycles. The van der Waals surface area contributed by atoms with Gasteiger partial charge in [-0.2, -0.15) is 0 Å². The number of aromatic nitrogens is 2. The molecule has 0 unspecified atom stereocenters. The Balaban J connectivity index is 1.73. The number of ether oxygens (including phenoxy) is 1. The van der Waals surface area contributed by atoms with Crippen molar-refractivity contribution in [2.45, 2.75) is 13.8 Å². The van der Waals surface area contributed by atoms with Gasteiger partial charge in [-0.05, 0) is 37.6 Å². The van der Waals surface area contributed by atoms with Gasteiger partial charge in [0.1, 0.15) is 5.75 Å². The van der Waals surface area contributed by atoms with Gasteiger partial charge in [0, 0.05) is 29.0 Å². The molecule has 0 aliphatic heterocycles. The number of rotatable bonds is 4. The predicted octanol–water partition coefficient (Wildman–Crippen LogP) is 4.20. The number of anilines is 1. The van der Waals surface area contributed by atoms with E-state index in [2.05, 4.69) is 15.3 Å². The van der Waals surface area contributed by atoms with Crippen molar-refractivity contribution in [2.24, 2.45) is 0 Å². The van der Waals surface area contributed by atoms with Gasteiger partial charge in [-0.1, -0.05) is 6.07 Å². The van der Waals surface area contributed by atoms with Crippen molar-refractivity contribution in [1.29, 1.82) is 0 Å². The Bertz CT molecular complexity index is 811. The van der Waals surface area contributed by atoms with Gasteiger partial charge in [0.2, 0.25) is 5.88 Å². The molecule has 23 heavy (non-hydrogen) atoms. The molecule has 3 rings (SSSR count). The topological polar surface area (TPSA) is 64.1 Å². The Labute approximate surface area is 138 Å². The highest BCUT2D eigenvalue weighted by atomic mass is 32.1. The molecule has 1 amide bonds. The maximum atomic E-state index is 12.3. The molecule has 0 aliphatic rings. The Kier molecular flexibility index (Phi) is 4.34. The minimum Gasteiger partial charge on any atom is -0.437 e. The van der Waals surface area contributed by atoms with Crippen molar-refractivity contribution < 1.29 is 9.53 Å². The molecule has 2 aromatic heterocycles. The number of benzene rings is 1. The standard InChI is InChI=1S/C17H15N3O2S/c1-11-8-15(23-12(11)2)17(21)20-13-4-3-5-14(9-13)22-16-10-18-6-7-19-16/h3-10H,1-2H3,(H,20,21). The fourth-order valence-corrected chi connectivity index (χ4v) is 2.90. The van der Waals surface area contributed by atoms with E-state index in [0.717, 1.165) is 10.4 Å². The van der Waals surface area contributed by atoms with Crippen LogP contribution < -0.4 is 10.1 Å². The second-order valence-corrected chi connectivity index (χ2v) is 6.23. The molecule has 0 spiro atoms. The molecular weight excluding hydrogens is 310 g/mol. The molecule has 116 valence electrons. The molecule has 0 radical (unpaired) electrons. The van der Waals surface area contributed by atoms with Gasteiger partial charge in [-0.15, -0.1) is 11.3 Å². The van der Waals surface area contributed by atoms with Crippen LogP contribution in [0.3, 0.4) is 0 Å². The SMILES string of the molecule is Cc1cc(C(=O)Nc2cccc(Oc3cnccn3)c2)sc1C. The quantitative estimate of drug-likeness (QED) is 0.781. The third-order valence-electron chi connectivity index (χ3n) is 3.24. The summed E-state index contributed by atoms with van der Waals surface area (Å²) in [6, 6.07) is 9.07. The van der Waals surface area contributed by atoms with E-state index in [-0.39, 0.29) is 5.91 Å². The Morgan fingerprint density at radius 2 is 2.09 bits per heavy atom. The summed E-state index contributed by atoms with van der Waals surface area (Å²) in [6.07, 6.45) is 4.67. The highest BCUT2D eigenvalue weighted by molar-refractivity contribution is 7.14. The number of aryl methyl sites for hydroxylation is 2. The van der Waals surface area contributed by atoms with Gasteiger partial charge in [0.15, 0.2) is 0 Å². The van der Waals surface area contributed by atoms with Crippen molar-refractivity contribution in [1.82, 2.24) is 9.97 Å². The Morgan fingerprint density at radius 1 is 1.22 bits per heavy atom. The summed E-state index contributed by atoms with van der Waals surface area (Å²) >= 11 is 1.49. The Morgan fingerprint density at radius 3 is 2.78 bits per heavy atom. The zero-order valence-electron chi connectivity index (χ0n) is 12.7. The average Bonchev–Trinajstić information content (AvgIpc) is 2.88. The molecular formula is C17H15N3O2S. The number of amides is 1. The molecule has 0 fully saturated rings. The predicted molar refractivity (Wildman–Crippen MR) is 90.3 cm³/mol. The first-order valence-corrected chi connectivity index (χ1v) is 7.86. The first-order valence-electron chi connectivity index (χ1n) is 7.04. The molecule has 6 heteroatoms. The monoisotopic (exact) mass is 325 g/mol. The average molecular weight is 325 g/mol. The molecule has 1 N–H and O–H groups in total. The fraction of sp³-hybridized carbons (Fsp3) is 0.118. The van der Waals surface area contributed by atoms with Gasteiger partial charge in [0.25, 0.3) is 5.91 Å². The van der Waals surface area contributed by atoms with Crippen LogP contribution in [0.2, 0.25) is 0 Å². The van der Waals surface area contributed by atoms with Crippen LogP contribution in [0.4, 0.5) is 5.69 Å². The molecule has 1 aromatic carbocycles. The van der Waals surface area contributed by atoms with Gasteiger partial charge in [-0.3, -0.25) is 9.78 Å². The lowest BCUT2D eigenvalue weighted by Gasteiger charge is -2.07. The van der Waals surface area contributed by atoms with Gasteiger partial charge in [0.05, 0.1) is 11.1 Å². The summed E-state index contributed by atoms with van der Waals surface area (Å²) in [5, 5.41) is 2.88. The van der Waals surface area contributed by atoms with E-state index in [1.165, 1.54) is 17.5 Å². The van der Waals surface area contributed by atoms with E-state index in [9.17, 15) is 4.79 Å². The van der Waals surface area contributed by atoms with Crippen LogP contribution in [0.25, 0.3) is 0 Å². The summed E-state index contributed by atoms with van der Waals surface area (Å²) in [5.41, 5.74) is 1.79. The van der Waals surface area contributed by atoms with E-state index in [1.807, 2.05) is 32.0 Å². The molecule has 0 atom stereocenters. The van der Waals surface area contributed by atoms with Gasteiger partial charge < -0.3 is 10.1 Å². The molecule has 0 bridgehead atoms. The first-order chi connectivity index (χ1) is 11.1. The van der Waals surface area contributed by atoms with Crippen LogP contribution in [0.5, 0.6) is 11.6 Å². The summed E-state index contributed by atoms with van der Waals surface area (Å²) in [6.45, 7) is 4.00. The number of nitrogens with zero attached hydrogens (tertiary/aromatic N) is 2. The lowest BCUT2D eigenvalue weighted by Crippen LogP contribution is -2.10. The summed E-state index contributed by atoms with van der Waals surface area (Å²) in [4.78, 5) is 22.1. The molecule has 0 saturated carbocycles. The number of carbonyl (C=O) groups is 1. The van der Waals surface area contributed by atoms with E-state index in [4.69, 9.17) is 4.74 Å². The third-order valence-corrected chi connectivity index (χ3v) is 4.39. The van der Waals surface area contributed by atoms with E-state index >= 15 is 0 Å². The second kappa shape index (κ2) is 6.58. The highest BCUT2D eigenvalue weighted by Crippen LogP contribution is 2.24. The van der Waals surface area contributed by atoms with Crippen molar-refractivity contribution >= 4 is 22.9 Å². The minimum absolute atomic E-state index is 0.122. The smallest absolute Gasteiger partial charge is 0.265 e. The zero-order valence-corrected chi connectivity index (χ0v) is 13.6. The van der Waals surface area contributed by atoms with Crippen molar-refractivity contribution in [3.63, 3.8) is 0 Å². The number of hydrogen-bond donors (Lipinski definition) is 1. The Hall–Kier alpha value is -2.73. The normalized spacial score (nSPS) is 10.3. The van der Waals surface area contributed by atoms with Crippen LogP contribution in [-0.4, -0.2) is 15.9 Å². The zero-order chi connectivity index (χ0) is 16.2. The maximum absolute atomic E-state index is 12.3. The van der Waals surface area contributed by atoms with E-state index in [0.29, 0.717) is 22.2 Å². The summed E-state index contributed by atoms with van der Waals surface area (Å²) in [5.74, 6) is 0.866. The van der Waals surface area contributed by atoms with Crippen molar-refractivity contribution in [2.75, 3.05) is 5.32 Å².